The minimum atomic E-state index is -1.31. The number of anilines is 1. The van der Waals surface area contributed by atoms with Crippen molar-refractivity contribution in [2.45, 2.75) is 24.2 Å². The van der Waals surface area contributed by atoms with Crippen LogP contribution in [0.4, 0.5) is 10.1 Å². The lowest BCUT2D eigenvalue weighted by Gasteiger charge is -2.36. The van der Waals surface area contributed by atoms with Gasteiger partial charge in [-0.25, -0.2) is 14.0 Å². The maximum atomic E-state index is 13.6. The normalized spacial score (nSPS) is 21.1. The van der Waals surface area contributed by atoms with Crippen molar-refractivity contribution in [1.82, 2.24) is 10.4 Å². The third-order valence-electron chi connectivity index (χ3n) is 6.21. The summed E-state index contributed by atoms with van der Waals surface area (Å²) < 4.78 is 25.0. The Balaban J connectivity index is 1.70. The van der Waals surface area contributed by atoms with Gasteiger partial charge in [0.05, 0.1) is 24.3 Å². The van der Waals surface area contributed by atoms with Gasteiger partial charge in [-0.15, -0.1) is 0 Å². The highest BCUT2D eigenvalue weighted by molar-refractivity contribution is 6.05. The van der Waals surface area contributed by atoms with Crippen LogP contribution in [0.2, 0.25) is 0 Å². The van der Waals surface area contributed by atoms with E-state index in [9.17, 15) is 14.0 Å². The van der Waals surface area contributed by atoms with Crippen molar-refractivity contribution < 1.29 is 28.3 Å². The van der Waals surface area contributed by atoms with Crippen LogP contribution in [0.5, 0.6) is 0 Å². The van der Waals surface area contributed by atoms with Gasteiger partial charge in [-0.3, -0.25) is 0 Å². The lowest BCUT2D eigenvalue weighted by Crippen LogP contribution is -2.49. The number of carbonyl (C=O) groups is 2. The molecule has 4 rings (SSSR count). The molecule has 2 N–H and O–H groups in total. The van der Waals surface area contributed by atoms with Gasteiger partial charge in [-0.1, -0.05) is 36.4 Å². The molecule has 3 atom stereocenters. The van der Waals surface area contributed by atoms with E-state index in [1.165, 1.54) is 19.2 Å². The minimum Gasteiger partial charge on any atom is -0.466 e. The Bertz CT molecular complexity index is 1150. The molecule has 3 unspecified atom stereocenters. The molecule has 0 aliphatic carbocycles. The molecule has 190 valence electrons. The summed E-state index contributed by atoms with van der Waals surface area (Å²) in [5, 5.41) is 3.39. The molecule has 0 fully saturated rings. The Kier molecular flexibility index (Phi) is 7.83. The van der Waals surface area contributed by atoms with Crippen molar-refractivity contribution >= 4 is 17.6 Å². The Labute approximate surface area is 209 Å². The van der Waals surface area contributed by atoms with Gasteiger partial charge in [-0.05, 0) is 56.4 Å². The molecule has 0 saturated carbocycles. The average Bonchev–Trinajstić information content (AvgIpc) is 3.46. The summed E-state index contributed by atoms with van der Waals surface area (Å²) in [4.78, 5) is 33.4. The topological polar surface area (TPSA) is 89.1 Å². The quantitative estimate of drug-likeness (QED) is 0.213. The molecule has 0 saturated heterocycles. The second-order valence-corrected chi connectivity index (χ2v) is 8.95. The van der Waals surface area contributed by atoms with E-state index >= 15 is 0 Å². The third-order valence-corrected chi connectivity index (χ3v) is 6.21. The first-order valence-corrected chi connectivity index (χ1v) is 11.7. The zero-order chi connectivity index (χ0) is 25.7. The summed E-state index contributed by atoms with van der Waals surface area (Å²) in [6.45, 7) is 1.07. The van der Waals surface area contributed by atoms with Crippen molar-refractivity contribution in [3.63, 3.8) is 0 Å². The number of ether oxygens (including phenoxy) is 2. The SMILES string of the molecule is COC(=O)C1=C(C(=O)ONCCN(C)C)C2C=CC1(C(Cc1ccccc1)Nc1ccc(F)cc1)O2. The molecule has 0 aromatic heterocycles. The Hall–Kier alpha value is -3.53. The van der Waals surface area contributed by atoms with Gasteiger partial charge in [0.2, 0.25) is 0 Å². The van der Waals surface area contributed by atoms with E-state index in [0.29, 0.717) is 25.2 Å². The molecule has 0 radical (unpaired) electrons. The van der Waals surface area contributed by atoms with E-state index in [4.69, 9.17) is 14.3 Å². The second kappa shape index (κ2) is 11.0. The largest absolute Gasteiger partial charge is 0.466 e. The monoisotopic (exact) mass is 495 g/mol. The van der Waals surface area contributed by atoms with E-state index in [2.05, 4.69) is 10.8 Å². The second-order valence-electron chi connectivity index (χ2n) is 8.95. The first-order valence-electron chi connectivity index (χ1n) is 11.7. The van der Waals surface area contributed by atoms with Crippen LogP contribution < -0.4 is 10.8 Å². The molecule has 0 spiro atoms. The molecule has 2 aliphatic heterocycles. The van der Waals surface area contributed by atoms with Gasteiger partial charge >= 0.3 is 11.9 Å². The maximum Gasteiger partial charge on any atom is 0.356 e. The molecule has 2 heterocycles. The number of nitrogens with zero attached hydrogens (tertiary/aromatic N) is 1. The summed E-state index contributed by atoms with van der Waals surface area (Å²) in [7, 11) is 5.07. The summed E-state index contributed by atoms with van der Waals surface area (Å²) in [6, 6.07) is 15.1. The summed E-state index contributed by atoms with van der Waals surface area (Å²) in [5.74, 6) is -1.75. The van der Waals surface area contributed by atoms with E-state index in [-0.39, 0.29) is 17.0 Å². The highest BCUT2D eigenvalue weighted by atomic mass is 19.1. The predicted molar refractivity (Wildman–Crippen MR) is 132 cm³/mol. The molecule has 36 heavy (non-hydrogen) atoms. The highest BCUT2D eigenvalue weighted by Crippen LogP contribution is 2.47. The van der Waals surface area contributed by atoms with E-state index in [1.54, 1.807) is 24.3 Å². The molecule has 0 amide bonds. The van der Waals surface area contributed by atoms with Crippen LogP contribution in [0.1, 0.15) is 5.56 Å². The number of hydrogen-bond acceptors (Lipinski definition) is 8. The van der Waals surface area contributed by atoms with Crippen molar-refractivity contribution in [3.8, 4) is 0 Å². The van der Waals surface area contributed by atoms with Crippen LogP contribution in [0.25, 0.3) is 0 Å². The van der Waals surface area contributed by atoms with E-state index in [0.717, 1.165) is 5.56 Å². The smallest absolute Gasteiger partial charge is 0.356 e. The van der Waals surface area contributed by atoms with Crippen LogP contribution >= 0.6 is 0 Å². The van der Waals surface area contributed by atoms with Crippen molar-refractivity contribution in [2.75, 3.05) is 39.6 Å². The number of benzene rings is 2. The number of nitrogens with one attached hydrogen (secondary N) is 2. The van der Waals surface area contributed by atoms with Gasteiger partial charge in [0.15, 0.2) is 0 Å². The van der Waals surface area contributed by atoms with Gasteiger partial charge in [0.1, 0.15) is 17.5 Å². The molecule has 8 nitrogen and oxygen atoms in total. The fourth-order valence-electron chi connectivity index (χ4n) is 4.48. The number of halogens is 1. The van der Waals surface area contributed by atoms with E-state index in [1.807, 2.05) is 49.3 Å². The van der Waals surface area contributed by atoms with Crippen molar-refractivity contribution in [2.24, 2.45) is 0 Å². The molecule has 9 heteroatoms. The minimum absolute atomic E-state index is 0.0902. The number of rotatable bonds is 11. The van der Waals surface area contributed by atoms with Crippen LogP contribution in [-0.2, 0) is 30.3 Å². The number of methoxy groups -OCH3 is 1. The van der Waals surface area contributed by atoms with Gasteiger partial charge in [0, 0.05) is 18.8 Å². The first-order chi connectivity index (χ1) is 17.3. The Morgan fingerprint density at radius 3 is 2.50 bits per heavy atom. The third kappa shape index (κ3) is 5.33. The summed E-state index contributed by atoms with van der Waals surface area (Å²) >= 11 is 0. The summed E-state index contributed by atoms with van der Waals surface area (Å²) in [5.41, 5.74) is 3.15. The standard InChI is InChI=1S/C27H30FN3O5/c1-31(2)16-15-29-36-25(32)23-21-13-14-27(35-21,24(23)26(33)34-3)22(17-18-7-5-4-6-8-18)30-20-11-9-19(28)10-12-20/h4-14,21-22,29-30H,15-17H2,1-3H3. The molecule has 2 aromatic rings. The fraction of sp³-hybridized carbons (Fsp3) is 0.333. The Morgan fingerprint density at radius 1 is 1.11 bits per heavy atom. The first kappa shape index (κ1) is 25.6. The summed E-state index contributed by atoms with van der Waals surface area (Å²) in [6.07, 6.45) is 3.20. The number of likely N-dealkylation sites (N-methyl/N-ethyl adjacent to an activating group) is 1. The predicted octanol–water partition coefficient (Wildman–Crippen LogP) is 2.64. The van der Waals surface area contributed by atoms with Crippen molar-refractivity contribution in [3.05, 3.63) is 89.3 Å². The molecule has 2 aromatic carbocycles. The number of hydroxylamine groups is 1. The maximum absolute atomic E-state index is 13.6. The lowest BCUT2D eigenvalue weighted by atomic mass is 9.79. The molecule has 2 bridgehead atoms. The van der Waals surface area contributed by atoms with Gasteiger partial charge in [-0.2, -0.15) is 5.48 Å². The highest BCUT2D eigenvalue weighted by Gasteiger charge is 2.58. The zero-order valence-electron chi connectivity index (χ0n) is 20.5. The van der Waals surface area contributed by atoms with Gasteiger partial charge in [0.25, 0.3) is 0 Å². The van der Waals surface area contributed by atoms with Gasteiger partial charge < -0.3 is 24.5 Å². The van der Waals surface area contributed by atoms with Crippen molar-refractivity contribution in [1.29, 1.82) is 0 Å². The number of hydrogen-bond donors (Lipinski definition) is 2. The Morgan fingerprint density at radius 2 is 1.83 bits per heavy atom. The molecule has 2 aliphatic rings. The average molecular weight is 496 g/mol. The molecular formula is C27H30FN3O5. The van der Waals surface area contributed by atoms with Crippen LogP contribution in [-0.4, -0.2) is 68.9 Å². The molecular weight excluding hydrogens is 465 g/mol. The lowest BCUT2D eigenvalue weighted by molar-refractivity contribution is -0.147. The zero-order valence-corrected chi connectivity index (χ0v) is 20.5. The van der Waals surface area contributed by atoms with Crippen LogP contribution in [0, 0.1) is 5.82 Å². The number of carbonyl (C=O) groups excluding carboxylic acids is 2. The number of esters is 1. The van der Waals surface area contributed by atoms with E-state index < -0.39 is 29.7 Å². The van der Waals surface area contributed by atoms with Crippen LogP contribution in [0.3, 0.4) is 0 Å². The fourth-order valence-corrected chi connectivity index (χ4v) is 4.48. The number of fused-ring (bicyclic) bond motifs is 2. The van der Waals surface area contributed by atoms with Crippen LogP contribution in [0.15, 0.2) is 77.9 Å².